The van der Waals surface area contributed by atoms with Crippen LogP contribution in [0.1, 0.15) is 66.4 Å². The van der Waals surface area contributed by atoms with Crippen LogP contribution in [0.15, 0.2) is 47.5 Å². The van der Waals surface area contributed by atoms with Crippen LogP contribution < -0.4 is 32.3 Å². The maximum absolute atomic E-state index is 14.5. The fourth-order valence-electron chi connectivity index (χ4n) is 7.44. The van der Waals surface area contributed by atoms with Gasteiger partial charge in [0.05, 0.1) is 0 Å². The summed E-state index contributed by atoms with van der Waals surface area (Å²) in [4.78, 5) is 17.8. The van der Waals surface area contributed by atoms with Gasteiger partial charge >= 0.3 is 299 Å². The van der Waals surface area contributed by atoms with Crippen molar-refractivity contribution >= 4 is 84.9 Å². The van der Waals surface area contributed by atoms with Crippen LogP contribution in [-0.4, -0.2) is 18.8 Å². The second-order valence-corrected chi connectivity index (χ2v) is 21.8. The van der Waals surface area contributed by atoms with E-state index in [0.717, 1.165) is 48.1 Å². The Kier molecular flexibility index (Phi) is 8.66. The molecule has 4 bridgehead atoms. The molecule has 3 aromatic carbocycles. The Balaban J connectivity index is 1.08. The van der Waals surface area contributed by atoms with Gasteiger partial charge in [0.25, 0.3) is 0 Å². The number of carbonyl (C=O) groups excluding carboxylic acids is 1. The molecule has 0 saturated heterocycles. The van der Waals surface area contributed by atoms with E-state index >= 15 is 0 Å². The molecule has 0 aromatic heterocycles. The van der Waals surface area contributed by atoms with Crippen molar-refractivity contribution in [3.63, 3.8) is 0 Å². The molecule has 4 saturated carbocycles. The summed E-state index contributed by atoms with van der Waals surface area (Å²) >= 11 is 2.68. The minimum absolute atomic E-state index is 0.0106. The predicted molar refractivity (Wildman–Crippen MR) is 184 cm³/mol. The van der Waals surface area contributed by atoms with Gasteiger partial charge in [-0.25, -0.2) is 0 Å². The summed E-state index contributed by atoms with van der Waals surface area (Å²) in [5, 5.41) is 3.55. The van der Waals surface area contributed by atoms with Crippen LogP contribution in [0.3, 0.4) is 0 Å². The Morgan fingerprint density at radius 1 is 0.930 bits per heavy atom. The number of benzene rings is 3. The molecule has 0 radical (unpaired) electrons. The van der Waals surface area contributed by atoms with Crippen molar-refractivity contribution in [2.24, 2.45) is 28.5 Å². The Hall–Kier alpha value is -0.820. The van der Waals surface area contributed by atoms with Crippen LogP contribution in [0.2, 0.25) is 0 Å². The molecule has 1 aliphatic heterocycles. The van der Waals surface area contributed by atoms with E-state index in [1.54, 1.807) is 45.2 Å². The van der Waals surface area contributed by atoms with Gasteiger partial charge in [0.15, 0.2) is 0 Å². The predicted octanol–water partition coefficient (Wildman–Crippen LogP) is 5.03. The number of carbonyl (C=O) groups is 1. The fraction of sp³-hybridized carbons (Fsp3) is 0.344. The number of nitrogens with zero attached hydrogens (tertiary/aromatic N) is 1. The van der Waals surface area contributed by atoms with Crippen LogP contribution >= 0.6 is 65.9 Å². The number of nitrogens with one attached hydrogen (secondary N) is 1. The number of aliphatic imine (C=N–C) groups is 1. The third-order valence-electron chi connectivity index (χ3n) is 9.09. The van der Waals surface area contributed by atoms with E-state index in [-0.39, 0.29) is 71.9 Å². The van der Waals surface area contributed by atoms with E-state index < -0.39 is 17.5 Å². The van der Waals surface area contributed by atoms with Gasteiger partial charge in [-0.1, -0.05) is 0 Å². The van der Waals surface area contributed by atoms with Crippen LogP contribution in [0, 0.1) is 49.5 Å². The van der Waals surface area contributed by atoms with Gasteiger partial charge in [-0.3, -0.25) is 0 Å². The third-order valence-corrected chi connectivity index (χ3v) is 21.2. The second kappa shape index (κ2) is 12.1. The maximum atomic E-state index is 14.5. The first-order valence-corrected chi connectivity index (χ1v) is 20.7. The Morgan fingerprint density at radius 3 is 2.30 bits per heavy atom. The van der Waals surface area contributed by atoms with E-state index in [9.17, 15) is 18.0 Å². The molecule has 4 nitrogen and oxygen atoms in total. The van der Waals surface area contributed by atoms with Crippen LogP contribution in [0.5, 0.6) is 0 Å². The molecule has 2 atom stereocenters. The van der Waals surface area contributed by atoms with Crippen LogP contribution in [0.25, 0.3) is 0 Å². The second-order valence-electron chi connectivity index (χ2n) is 12.1. The van der Waals surface area contributed by atoms with Crippen molar-refractivity contribution in [2.45, 2.75) is 50.5 Å². The number of hydrogen-bond donors (Lipinski definition) is 2. The summed E-state index contributed by atoms with van der Waals surface area (Å²) in [6, 6.07) is 13.9. The Bertz CT molecular complexity index is 1680. The summed E-state index contributed by atoms with van der Waals surface area (Å²) in [6.45, 7) is 0. The first-order valence-electron chi connectivity index (χ1n) is 14.2. The van der Waals surface area contributed by atoms with Crippen molar-refractivity contribution in [3.8, 4) is 0 Å². The standard InChI is InChI=1S/C32H27F3I4N3O/c33-24-23(27(36)28(37)26(35)25(24)34)30(40)41-20-6-3-18(4-7-20)29-38-21-8-5-19(11-22(21)39-29)31(43)42-32-12-15-1-2-16(13-32)10-17(9-15)14-32/h3-8,11,15-17H,1-2,9-10,12-14H2,(H2,40,41)(H,42,43)/q-1/t15-,16-,17?,32?/m1/s1. The molecule has 43 heavy (non-hydrogen) atoms. The monoisotopic (exact) mass is 1030 g/mol. The molecule has 8 rings (SSSR count). The average molecular weight is 1030 g/mol. The SMILES string of the molecule is NC(=Nc1ccc(C2=Ic3cc(C(=O)NC45CC6C[C@@H](CC[C@H](C6)C4)C5)ccc3[I-]2)cc1)c1c(F)c(F)c(F)c(I)c1I. The summed E-state index contributed by atoms with van der Waals surface area (Å²) in [6.07, 6.45) is 8.80. The molecule has 1 amide bonds. The van der Waals surface area contributed by atoms with E-state index in [2.05, 4.69) is 22.4 Å². The van der Waals surface area contributed by atoms with Gasteiger partial charge in [-0.2, -0.15) is 0 Å². The molecule has 4 fully saturated rings. The van der Waals surface area contributed by atoms with Crippen molar-refractivity contribution < 1.29 is 39.2 Å². The summed E-state index contributed by atoms with van der Waals surface area (Å²) in [7, 11) is 0. The van der Waals surface area contributed by atoms with Crippen LogP contribution in [0.4, 0.5) is 18.9 Å². The quantitative estimate of drug-likeness (QED) is 0.124. The molecule has 226 valence electrons. The zero-order valence-corrected chi connectivity index (χ0v) is 31.4. The van der Waals surface area contributed by atoms with Crippen molar-refractivity contribution in [1.82, 2.24) is 5.32 Å². The Labute approximate surface area is 295 Å². The van der Waals surface area contributed by atoms with Crippen molar-refractivity contribution in [3.05, 3.63) is 90.9 Å². The molecule has 3 aromatic rings. The van der Waals surface area contributed by atoms with E-state index in [1.165, 1.54) is 34.3 Å². The zero-order valence-electron chi connectivity index (χ0n) is 22.8. The number of rotatable bonds is 5. The normalized spacial score (nSPS) is 26.2. The molecule has 3 N–H and O–H groups in total. The van der Waals surface area contributed by atoms with E-state index in [1.807, 2.05) is 30.3 Å². The molecule has 0 spiro atoms. The molecule has 4 aliphatic carbocycles. The zero-order chi connectivity index (χ0) is 30.0. The average Bonchev–Trinajstić information content (AvgIpc) is 3.30. The molecular formula is C32H27F3I4N3O-. The number of halogens is 7. The fourth-order valence-corrected chi connectivity index (χ4v) is 17.9. The topological polar surface area (TPSA) is 67.5 Å². The number of hydrogen-bond acceptors (Lipinski definition) is 2. The molecule has 11 heteroatoms. The van der Waals surface area contributed by atoms with Gasteiger partial charge < -0.3 is 0 Å². The van der Waals surface area contributed by atoms with Gasteiger partial charge in [0.1, 0.15) is 0 Å². The number of amides is 1. The van der Waals surface area contributed by atoms with Crippen LogP contribution in [-0.2, 0) is 0 Å². The number of fused-ring (bicyclic) bond motifs is 2. The summed E-state index contributed by atoms with van der Waals surface area (Å²) in [5.41, 5.74) is 8.25. The molecule has 1 heterocycles. The van der Waals surface area contributed by atoms with E-state index in [0.29, 0.717) is 5.69 Å². The first kappa shape index (κ1) is 30.8. The Morgan fingerprint density at radius 2 is 1.60 bits per heavy atom. The van der Waals surface area contributed by atoms with Gasteiger partial charge in [-0.15, -0.1) is 0 Å². The third kappa shape index (κ3) is 5.94. The molecule has 5 aliphatic rings. The molecular weight excluding hydrogens is 1010 g/mol. The number of nitrogens with two attached hydrogens (primary N) is 1. The first-order chi connectivity index (χ1) is 20.6. The number of amidine groups is 1. The summed E-state index contributed by atoms with van der Waals surface area (Å²) < 4.78 is 46.8. The van der Waals surface area contributed by atoms with Gasteiger partial charge in [-0.05, 0) is 0 Å². The van der Waals surface area contributed by atoms with E-state index in [4.69, 9.17) is 5.73 Å². The van der Waals surface area contributed by atoms with Gasteiger partial charge in [0, 0.05) is 0 Å². The van der Waals surface area contributed by atoms with Crippen molar-refractivity contribution in [1.29, 1.82) is 0 Å². The van der Waals surface area contributed by atoms with Gasteiger partial charge in [0.2, 0.25) is 0 Å². The minimum atomic E-state index is -1.55. The summed E-state index contributed by atoms with van der Waals surface area (Å²) in [5.74, 6) is -1.92. The molecule has 0 unspecified atom stereocenters. The van der Waals surface area contributed by atoms with Crippen molar-refractivity contribution in [2.75, 3.05) is 0 Å².